The summed E-state index contributed by atoms with van der Waals surface area (Å²) in [6.07, 6.45) is 0.583. The average Bonchev–Trinajstić information content (AvgIpc) is 3.20. The first kappa shape index (κ1) is 18.1. The molecule has 1 aromatic heterocycles. The first-order chi connectivity index (χ1) is 13.5. The van der Waals surface area contributed by atoms with E-state index in [0.717, 1.165) is 11.1 Å². The molecule has 4 rings (SSSR count). The standard InChI is InChI=1S/C18H21N7O3/c1-24-18(21-13(7-19)23-24)20-8-10-3-2-4-11-9-25(17(28)15(10)11)12-5-6-14(26)22-16(12)27/h2-4,12H,5-9,19H2,1H3,(H,20,21,23)(H,22,26,27). The number of aromatic nitrogens is 3. The summed E-state index contributed by atoms with van der Waals surface area (Å²) < 4.78 is 1.60. The number of nitrogens with two attached hydrogens (primary N) is 1. The van der Waals surface area contributed by atoms with Gasteiger partial charge in [-0.25, -0.2) is 4.68 Å². The second kappa shape index (κ2) is 7.04. The Morgan fingerprint density at radius 1 is 1.32 bits per heavy atom. The number of hydrogen-bond donors (Lipinski definition) is 3. The van der Waals surface area contributed by atoms with Crippen LogP contribution in [0.25, 0.3) is 0 Å². The number of aryl methyl sites for hydroxylation is 1. The second-order valence-corrected chi connectivity index (χ2v) is 6.88. The number of imide groups is 1. The fraction of sp³-hybridized carbons (Fsp3) is 0.389. The van der Waals surface area contributed by atoms with E-state index in [4.69, 9.17) is 5.73 Å². The summed E-state index contributed by atoms with van der Waals surface area (Å²) >= 11 is 0. The third-order valence-electron chi connectivity index (χ3n) is 5.07. The Hall–Kier alpha value is -3.27. The molecule has 2 aromatic rings. The zero-order valence-electron chi connectivity index (χ0n) is 15.4. The van der Waals surface area contributed by atoms with Gasteiger partial charge in [0.25, 0.3) is 5.91 Å². The van der Waals surface area contributed by atoms with Crippen molar-refractivity contribution in [1.82, 2.24) is 25.0 Å². The molecule has 28 heavy (non-hydrogen) atoms. The van der Waals surface area contributed by atoms with Crippen molar-refractivity contribution in [2.24, 2.45) is 12.8 Å². The van der Waals surface area contributed by atoms with Gasteiger partial charge in [-0.05, 0) is 17.5 Å². The highest BCUT2D eigenvalue weighted by Crippen LogP contribution is 2.30. The molecule has 0 aliphatic carbocycles. The third kappa shape index (κ3) is 3.11. The Labute approximate surface area is 161 Å². The van der Waals surface area contributed by atoms with Crippen LogP contribution >= 0.6 is 0 Å². The molecule has 1 fully saturated rings. The Kier molecular flexibility index (Phi) is 4.55. The van der Waals surface area contributed by atoms with E-state index in [-0.39, 0.29) is 24.8 Å². The van der Waals surface area contributed by atoms with Crippen molar-refractivity contribution >= 4 is 23.7 Å². The molecular weight excluding hydrogens is 362 g/mol. The van der Waals surface area contributed by atoms with E-state index in [1.807, 2.05) is 18.2 Å². The number of benzene rings is 1. The van der Waals surface area contributed by atoms with Crippen molar-refractivity contribution < 1.29 is 14.4 Å². The number of nitrogens with one attached hydrogen (secondary N) is 2. The third-order valence-corrected chi connectivity index (χ3v) is 5.07. The number of anilines is 1. The molecule has 10 nitrogen and oxygen atoms in total. The zero-order valence-corrected chi connectivity index (χ0v) is 15.4. The van der Waals surface area contributed by atoms with Gasteiger partial charge < -0.3 is 16.0 Å². The van der Waals surface area contributed by atoms with Gasteiger partial charge in [-0.1, -0.05) is 18.2 Å². The number of rotatable bonds is 5. The van der Waals surface area contributed by atoms with Gasteiger partial charge >= 0.3 is 0 Å². The van der Waals surface area contributed by atoms with Gasteiger partial charge in [0.1, 0.15) is 6.04 Å². The highest BCUT2D eigenvalue weighted by atomic mass is 16.2. The monoisotopic (exact) mass is 383 g/mol. The summed E-state index contributed by atoms with van der Waals surface area (Å²) in [5.41, 5.74) is 7.85. The number of nitrogens with zero attached hydrogens (tertiary/aromatic N) is 4. The molecule has 3 amide bonds. The molecule has 10 heteroatoms. The van der Waals surface area contributed by atoms with Gasteiger partial charge in [0, 0.05) is 32.1 Å². The predicted molar refractivity (Wildman–Crippen MR) is 98.7 cm³/mol. The molecule has 0 saturated carbocycles. The van der Waals surface area contributed by atoms with E-state index in [9.17, 15) is 14.4 Å². The second-order valence-electron chi connectivity index (χ2n) is 6.88. The van der Waals surface area contributed by atoms with E-state index >= 15 is 0 Å². The lowest BCUT2D eigenvalue weighted by Gasteiger charge is -2.29. The lowest BCUT2D eigenvalue weighted by molar-refractivity contribution is -0.136. The summed E-state index contributed by atoms with van der Waals surface area (Å²) in [4.78, 5) is 42.5. The predicted octanol–water partition coefficient (Wildman–Crippen LogP) is -0.353. The fourth-order valence-electron chi connectivity index (χ4n) is 3.69. The van der Waals surface area contributed by atoms with Gasteiger partial charge in [-0.2, -0.15) is 10.1 Å². The van der Waals surface area contributed by atoms with E-state index in [1.54, 1.807) is 16.6 Å². The van der Waals surface area contributed by atoms with E-state index in [2.05, 4.69) is 20.7 Å². The minimum Gasteiger partial charge on any atom is -0.350 e. The molecule has 0 spiro atoms. The normalized spacial score (nSPS) is 19.0. The molecule has 1 aromatic carbocycles. The van der Waals surface area contributed by atoms with E-state index < -0.39 is 11.9 Å². The SMILES string of the molecule is Cn1nc(CN)nc1NCc1cccc2c1C(=O)N(C1CCC(=O)NC1=O)C2. The van der Waals surface area contributed by atoms with Gasteiger partial charge in [-0.15, -0.1) is 0 Å². The van der Waals surface area contributed by atoms with Crippen LogP contribution in [-0.4, -0.2) is 43.4 Å². The maximum atomic E-state index is 13.1. The summed E-state index contributed by atoms with van der Waals surface area (Å²) in [5.74, 6) is 0.192. The van der Waals surface area contributed by atoms with Crippen molar-refractivity contribution in [2.75, 3.05) is 5.32 Å². The van der Waals surface area contributed by atoms with Crippen molar-refractivity contribution in [3.05, 3.63) is 40.7 Å². The van der Waals surface area contributed by atoms with Crippen LogP contribution in [0.3, 0.4) is 0 Å². The minimum atomic E-state index is -0.621. The Morgan fingerprint density at radius 2 is 2.14 bits per heavy atom. The van der Waals surface area contributed by atoms with Gasteiger partial charge in [-0.3, -0.25) is 19.7 Å². The topological polar surface area (TPSA) is 135 Å². The molecule has 0 bridgehead atoms. The highest BCUT2D eigenvalue weighted by molar-refractivity contribution is 6.06. The number of hydrogen-bond acceptors (Lipinski definition) is 7. The molecule has 1 atom stereocenters. The van der Waals surface area contributed by atoms with Crippen LogP contribution in [0.4, 0.5) is 5.95 Å². The first-order valence-corrected chi connectivity index (χ1v) is 9.07. The molecule has 0 radical (unpaired) electrons. The maximum Gasteiger partial charge on any atom is 0.255 e. The number of fused-ring (bicyclic) bond motifs is 1. The zero-order chi connectivity index (χ0) is 19.8. The van der Waals surface area contributed by atoms with Crippen molar-refractivity contribution in [3.8, 4) is 0 Å². The van der Waals surface area contributed by atoms with Crippen molar-refractivity contribution in [1.29, 1.82) is 0 Å². The molecule has 3 heterocycles. The Bertz CT molecular complexity index is 968. The molecule has 4 N–H and O–H groups in total. The molecule has 146 valence electrons. The number of amides is 3. The minimum absolute atomic E-state index is 0.192. The fourth-order valence-corrected chi connectivity index (χ4v) is 3.69. The van der Waals surface area contributed by atoms with Crippen LogP contribution in [0, 0.1) is 0 Å². The summed E-state index contributed by atoms with van der Waals surface area (Å²) in [5, 5.41) is 9.69. The first-order valence-electron chi connectivity index (χ1n) is 9.07. The summed E-state index contributed by atoms with van der Waals surface area (Å²) in [6.45, 7) is 0.986. The van der Waals surface area contributed by atoms with Crippen LogP contribution in [0.5, 0.6) is 0 Å². The van der Waals surface area contributed by atoms with E-state index in [1.165, 1.54) is 0 Å². The number of carbonyl (C=O) groups is 3. The van der Waals surface area contributed by atoms with Gasteiger partial charge in [0.2, 0.25) is 17.8 Å². The summed E-state index contributed by atoms with van der Waals surface area (Å²) in [7, 11) is 1.76. The van der Waals surface area contributed by atoms with Crippen LogP contribution in [-0.2, 0) is 36.3 Å². The molecule has 1 unspecified atom stereocenters. The lowest BCUT2D eigenvalue weighted by atomic mass is 10.0. The largest absolute Gasteiger partial charge is 0.350 e. The molecule has 1 saturated heterocycles. The van der Waals surface area contributed by atoms with Gasteiger partial charge in [0.15, 0.2) is 5.82 Å². The Morgan fingerprint density at radius 3 is 2.86 bits per heavy atom. The van der Waals surface area contributed by atoms with Gasteiger partial charge in [0.05, 0.1) is 6.54 Å². The summed E-state index contributed by atoms with van der Waals surface area (Å²) in [6, 6.07) is 5.03. The van der Waals surface area contributed by atoms with Crippen molar-refractivity contribution in [2.45, 2.75) is 38.5 Å². The smallest absolute Gasteiger partial charge is 0.255 e. The molecule has 2 aliphatic heterocycles. The Balaban J connectivity index is 1.54. The number of piperidine rings is 1. The number of carbonyl (C=O) groups excluding carboxylic acids is 3. The average molecular weight is 383 g/mol. The maximum absolute atomic E-state index is 13.1. The van der Waals surface area contributed by atoms with Crippen LogP contribution in [0.15, 0.2) is 18.2 Å². The highest BCUT2D eigenvalue weighted by Gasteiger charge is 2.39. The lowest BCUT2D eigenvalue weighted by Crippen LogP contribution is -2.52. The van der Waals surface area contributed by atoms with Crippen LogP contribution in [0.2, 0.25) is 0 Å². The van der Waals surface area contributed by atoms with Crippen molar-refractivity contribution in [3.63, 3.8) is 0 Å². The van der Waals surface area contributed by atoms with Crippen LogP contribution < -0.4 is 16.4 Å². The molecule has 2 aliphatic rings. The van der Waals surface area contributed by atoms with Crippen LogP contribution in [0.1, 0.15) is 40.2 Å². The van der Waals surface area contributed by atoms with E-state index in [0.29, 0.717) is 36.8 Å². The quantitative estimate of drug-likeness (QED) is 0.600. The molecular formula is C18H21N7O3.